The molecule has 1 fully saturated rings. The van der Waals surface area contributed by atoms with E-state index in [9.17, 15) is 4.79 Å². The molecule has 1 aliphatic rings. The predicted molar refractivity (Wildman–Crippen MR) is 98.1 cm³/mol. The number of benzene rings is 1. The standard InChI is InChI=1S/C19H27Cl2NO/c1-4-19(2,3)13-8-10-14(11-9-13)22-18(23)12-15-16(20)6-5-7-17(15)21/h5-7,13-14H,4,8-12H2,1-3H3,(H,22,23). The van der Waals surface area contributed by atoms with Crippen LogP contribution in [0.3, 0.4) is 0 Å². The first-order chi connectivity index (χ1) is 10.8. The lowest BCUT2D eigenvalue weighted by Crippen LogP contribution is -2.40. The van der Waals surface area contributed by atoms with E-state index in [2.05, 4.69) is 26.1 Å². The zero-order chi connectivity index (χ0) is 17.0. The Balaban J connectivity index is 1.86. The molecule has 1 aromatic carbocycles. The zero-order valence-corrected chi connectivity index (χ0v) is 15.8. The second-order valence-corrected chi connectivity index (χ2v) is 8.15. The van der Waals surface area contributed by atoms with Gasteiger partial charge in [-0.3, -0.25) is 4.79 Å². The summed E-state index contributed by atoms with van der Waals surface area (Å²) in [5, 5.41) is 4.27. The van der Waals surface area contributed by atoms with Crippen molar-refractivity contribution in [3.63, 3.8) is 0 Å². The molecule has 1 N–H and O–H groups in total. The van der Waals surface area contributed by atoms with Gasteiger partial charge in [-0.2, -0.15) is 0 Å². The van der Waals surface area contributed by atoms with Crippen molar-refractivity contribution in [2.75, 3.05) is 0 Å². The number of amides is 1. The van der Waals surface area contributed by atoms with Crippen LogP contribution in [0.15, 0.2) is 18.2 Å². The summed E-state index contributed by atoms with van der Waals surface area (Å²) in [7, 11) is 0. The van der Waals surface area contributed by atoms with Gasteiger partial charge in [-0.05, 0) is 54.7 Å². The maximum absolute atomic E-state index is 12.3. The molecule has 0 atom stereocenters. The fourth-order valence-corrected chi connectivity index (χ4v) is 3.98. The van der Waals surface area contributed by atoms with Crippen LogP contribution >= 0.6 is 23.2 Å². The van der Waals surface area contributed by atoms with Gasteiger partial charge in [0.15, 0.2) is 0 Å². The van der Waals surface area contributed by atoms with Crippen LogP contribution in [0.2, 0.25) is 10.0 Å². The summed E-state index contributed by atoms with van der Waals surface area (Å²) in [4.78, 5) is 12.3. The molecule has 0 heterocycles. The molecule has 128 valence electrons. The lowest BCUT2D eigenvalue weighted by molar-refractivity contribution is -0.121. The van der Waals surface area contributed by atoms with Crippen LogP contribution in [0.5, 0.6) is 0 Å². The highest BCUT2D eigenvalue weighted by Crippen LogP contribution is 2.40. The fourth-order valence-electron chi connectivity index (χ4n) is 3.45. The summed E-state index contributed by atoms with van der Waals surface area (Å²) in [6.07, 6.45) is 5.97. The number of halogens is 2. The van der Waals surface area contributed by atoms with E-state index in [0.717, 1.165) is 18.8 Å². The second kappa shape index (κ2) is 7.90. The maximum Gasteiger partial charge on any atom is 0.224 e. The van der Waals surface area contributed by atoms with Crippen LogP contribution in [0.1, 0.15) is 58.4 Å². The lowest BCUT2D eigenvalue weighted by Gasteiger charge is -2.39. The second-order valence-electron chi connectivity index (χ2n) is 7.34. The molecular formula is C19H27Cl2NO. The Labute approximate surface area is 149 Å². The average molecular weight is 356 g/mol. The van der Waals surface area contributed by atoms with E-state index in [-0.39, 0.29) is 18.4 Å². The Hall–Kier alpha value is -0.730. The first kappa shape index (κ1) is 18.6. The van der Waals surface area contributed by atoms with E-state index in [4.69, 9.17) is 23.2 Å². The van der Waals surface area contributed by atoms with E-state index in [0.29, 0.717) is 21.0 Å². The van der Waals surface area contributed by atoms with Crippen molar-refractivity contribution in [3.05, 3.63) is 33.8 Å². The molecule has 23 heavy (non-hydrogen) atoms. The van der Waals surface area contributed by atoms with Gasteiger partial charge >= 0.3 is 0 Å². The Morgan fingerprint density at radius 1 is 1.17 bits per heavy atom. The number of carbonyl (C=O) groups is 1. The Bertz CT molecular complexity index is 528. The highest BCUT2D eigenvalue weighted by Gasteiger charge is 2.32. The number of rotatable bonds is 5. The normalized spacial score (nSPS) is 22.0. The number of nitrogens with one attached hydrogen (secondary N) is 1. The molecule has 4 heteroatoms. The third kappa shape index (κ3) is 4.87. The van der Waals surface area contributed by atoms with Gasteiger partial charge in [0.05, 0.1) is 6.42 Å². The molecule has 0 aliphatic heterocycles. The number of hydrogen-bond acceptors (Lipinski definition) is 1. The summed E-state index contributed by atoms with van der Waals surface area (Å²) < 4.78 is 0. The van der Waals surface area contributed by atoms with Crippen LogP contribution in [0, 0.1) is 11.3 Å². The summed E-state index contributed by atoms with van der Waals surface area (Å²) >= 11 is 12.3. The van der Waals surface area contributed by atoms with Crippen molar-refractivity contribution in [1.82, 2.24) is 5.32 Å². The minimum Gasteiger partial charge on any atom is -0.353 e. The van der Waals surface area contributed by atoms with Crippen LogP contribution in [0.25, 0.3) is 0 Å². The first-order valence-corrected chi connectivity index (χ1v) is 9.31. The van der Waals surface area contributed by atoms with Crippen LogP contribution in [-0.4, -0.2) is 11.9 Å². The topological polar surface area (TPSA) is 29.1 Å². The highest BCUT2D eigenvalue weighted by molar-refractivity contribution is 6.36. The summed E-state index contributed by atoms with van der Waals surface area (Å²) in [6, 6.07) is 5.62. The van der Waals surface area contributed by atoms with Crippen molar-refractivity contribution in [3.8, 4) is 0 Å². The van der Waals surface area contributed by atoms with Crippen molar-refractivity contribution in [2.45, 2.75) is 65.3 Å². The molecule has 0 spiro atoms. The van der Waals surface area contributed by atoms with Crippen molar-refractivity contribution in [2.24, 2.45) is 11.3 Å². The fraction of sp³-hybridized carbons (Fsp3) is 0.632. The molecule has 0 unspecified atom stereocenters. The molecule has 2 nitrogen and oxygen atoms in total. The molecular weight excluding hydrogens is 329 g/mol. The zero-order valence-electron chi connectivity index (χ0n) is 14.3. The lowest BCUT2D eigenvalue weighted by atomic mass is 9.69. The van der Waals surface area contributed by atoms with Gasteiger partial charge in [-0.15, -0.1) is 0 Å². The third-order valence-electron chi connectivity index (χ3n) is 5.51. The maximum atomic E-state index is 12.3. The minimum atomic E-state index is 0.0122. The molecule has 1 aliphatic carbocycles. The van der Waals surface area contributed by atoms with E-state index >= 15 is 0 Å². The molecule has 1 amide bonds. The summed E-state index contributed by atoms with van der Waals surface area (Å²) in [5.41, 5.74) is 1.12. The van der Waals surface area contributed by atoms with Gasteiger partial charge in [0.2, 0.25) is 5.91 Å². The van der Waals surface area contributed by atoms with E-state index in [1.165, 1.54) is 19.3 Å². The molecule has 2 rings (SSSR count). The summed E-state index contributed by atoms with van der Waals surface area (Å²) in [6.45, 7) is 6.98. The van der Waals surface area contributed by atoms with Crippen LogP contribution in [-0.2, 0) is 11.2 Å². The monoisotopic (exact) mass is 355 g/mol. The minimum absolute atomic E-state index is 0.0122. The van der Waals surface area contributed by atoms with Crippen LogP contribution in [0.4, 0.5) is 0 Å². The van der Waals surface area contributed by atoms with Gasteiger partial charge < -0.3 is 5.32 Å². The van der Waals surface area contributed by atoms with Gasteiger partial charge in [-0.25, -0.2) is 0 Å². The van der Waals surface area contributed by atoms with Crippen molar-refractivity contribution >= 4 is 29.1 Å². The Kier molecular flexibility index (Phi) is 6.39. The summed E-state index contributed by atoms with van der Waals surface area (Å²) in [5.74, 6) is 0.775. The molecule has 0 saturated heterocycles. The molecule has 0 radical (unpaired) electrons. The van der Waals surface area contributed by atoms with Crippen LogP contribution < -0.4 is 5.32 Å². The Morgan fingerprint density at radius 2 is 1.74 bits per heavy atom. The van der Waals surface area contributed by atoms with E-state index in [1.807, 2.05) is 0 Å². The Morgan fingerprint density at radius 3 is 2.26 bits per heavy atom. The molecule has 0 bridgehead atoms. The van der Waals surface area contributed by atoms with E-state index in [1.54, 1.807) is 18.2 Å². The van der Waals surface area contributed by atoms with E-state index < -0.39 is 0 Å². The predicted octanol–water partition coefficient (Wildman–Crippen LogP) is 5.65. The van der Waals surface area contributed by atoms with Crippen molar-refractivity contribution in [1.29, 1.82) is 0 Å². The van der Waals surface area contributed by atoms with Gasteiger partial charge in [0, 0.05) is 16.1 Å². The smallest absolute Gasteiger partial charge is 0.224 e. The quantitative estimate of drug-likeness (QED) is 0.726. The highest BCUT2D eigenvalue weighted by atomic mass is 35.5. The SMILES string of the molecule is CCC(C)(C)C1CCC(NC(=O)Cc2c(Cl)cccc2Cl)CC1. The number of hydrogen-bond donors (Lipinski definition) is 1. The number of carbonyl (C=O) groups excluding carboxylic acids is 1. The average Bonchev–Trinajstić information content (AvgIpc) is 2.51. The largest absolute Gasteiger partial charge is 0.353 e. The van der Waals surface area contributed by atoms with Gasteiger partial charge in [-0.1, -0.05) is 56.5 Å². The first-order valence-electron chi connectivity index (χ1n) is 8.55. The third-order valence-corrected chi connectivity index (χ3v) is 6.22. The molecule has 0 aromatic heterocycles. The van der Waals surface area contributed by atoms with Gasteiger partial charge in [0.25, 0.3) is 0 Å². The molecule has 1 aromatic rings. The molecule has 1 saturated carbocycles. The van der Waals surface area contributed by atoms with Crippen molar-refractivity contribution < 1.29 is 4.79 Å². The van der Waals surface area contributed by atoms with Gasteiger partial charge in [0.1, 0.15) is 0 Å².